The summed E-state index contributed by atoms with van der Waals surface area (Å²) in [5.74, 6) is -0.514. The van der Waals surface area contributed by atoms with Crippen molar-refractivity contribution in [2.45, 2.75) is 51.6 Å². The number of rotatable bonds is 11. The van der Waals surface area contributed by atoms with Crippen LogP contribution < -0.4 is 5.32 Å². The molecule has 0 fully saturated rings. The van der Waals surface area contributed by atoms with Crippen molar-refractivity contribution >= 4 is 23.5 Å². The van der Waals surface area contributed by atoms with Crippen molar-refractivity contribution in [3.05, 3.63) is 88.5 Å². The second-order valence-electron chi connectivity index (χ2n) is 7.77. The molecule has 1 amide bonds. The fraction of sp³-hybridized carbons (Fsp3) is 0.320. The molecular formula is C25H28ClN3O3. The van der Waals surface area contributed by atoms with Crippen molar-refractivity contribution in [2.24, 2.45) is 0 Å². The second-order valence-corrected chi connectivity index (χ2v) is 8.18. The predicted octanol–water partition coefficient (Wildman–Crippen LogP) is 4.28. The Morgan fingerprint density at radius 1 is 1.12 bits per heavy atom. The molecule has 6 nitrogen and oxygen atoms in total. The van der Waals surface area contributed by atoms with E-state index in [1.807, 2.05) is 59.2 Å². The number of hydrogen-bond donors (Lipinski definition) is 2. The molecule has 0 saturated carbocycles. The topological polar surface area (TPSA) is 84.2 Å². The van der Waals surface area contributed by atoms with Gasteiger partial charge in [-0.05, 0) is 23.6 Å². The van der Waals surface area contributed by atoms with Gasteiger partial charge < -0.3 is 15.0 Å². The molecule has 3 rings (SSSR count). The van der Waals surface area contributed by atoms with Gasteiger partial charge in [0.25, 0.3) is 0 Å². The van der Waals surface area contributed by atoms with Crippen molar-refractivity contribution < 1.29 is 14.7 Å². The van der Waals surface area contributed by atoms with E-state index in [2.05, 4.69) is 17.2 Å². The minimum Gasteiger partial charge on any atom is -0.480 e. The number of unbranched alkanes of at least 4 members (excludes halogenated alkanes) is 1. The van der Waals surface area contributed by atoms with Crippen molar-refractivity contribution in [1.82, 2.24) is 14.9 Å². The SMILES string of the molecule is CCCCc1ncc(CC(=O)N[C@@H](Cc2ccccc2)C(=O)O)n1Cc1ccccc1Cl. The summed E-state index contributed by atoms with van der Waals surface area (Å²) in [6.07, 6.45) is 4.80. The maximum absolute atomic E-state index is 12.8. The first kappa shape index (κ1) is 23.5. The van der Waals surface area contributed by atoms with Crippen molar-refractivity contribution in [3.63, 3.8) is 0 Å². The number of carboxylic acid groups (broad SMARTS) is 1. The molecule has 1 atom stereocenters. The second kappa shape index (κ2) is 11.5. The van der Waals surface area contributed by atoms with E-state index in [0.717, 1.165) is 41.9 Å². The summed E-state index contributed by atoms with van der Waals surface area (Å²) in [5, 5.41) is 12.9. The van der Waals surface area contributed by atoms with Crippen LogP contribution in [0.2, 0.25) is 5.02 Å². The van der Waals surface area contributed by atoms with E-state index in [1.165, 1.54) is 0 Å². The van der Waals surface area contributed by atoms with E-state index in [9.17, 15) is 14.7 Å². The fourth-order valence-electron chi connectivity index (χ4n) is 3.58. The van der Waals surface area contributed by atoms with E-state index in [0.29, 0.717) is 11.6 Å². The quantitative estimate of drug-likeness (QED) is 0.453. The number of carboxylic acids is 1. The Morgan fingerprint density at radius 3 is 2.53 bits per heavy atom. The molecule has 0 spiro atoms. The van der Waals surface area contributed by atoms with Crippen LogP contribution in [0.4, 0.5) is 0 Å². The summed E-state index contributed by atoms with van der Waals surface area (Å²) in [6.45, 7) is 2.63. The van der Waals surface area contributed by atoms with Gasteiger partial charge in [-0.25, -0.2) is 9.78 Å². The summed E-state index contributed by atoms with van der Waals surface area (Å²) >= 11 is 6.36. The normalized spacial score (nSPS) is 11.8. The Labute approximate surface area is 193 Å². The number of nitrogens with one attached hydrogen (secondary N) is 1. The van der Waals surface area contributed by atoms with Gasteiger partial charge in [-0.2, -0.15) is 0 Å². The fourth-order valence-corrected chi connectivity index (χ4v) is 3.77. The van der Waals surface area contributed by atoms with E-state index in [1.54, 1.807) is 6.20 Å². The smallest absolute Gasteiger partial charge is 0.326 e. The van der Waals surface area contributed by atoms with E-state index in [-0.39, 0.29) is 18.7 Å². The minimum atomic E-state index is -1.06. The number of aryl methyl sites for hydroxylation is 1. The van der Waals surface area contributed by atoms with E-state index >= 15 is 0 Å². The van der Waals surface area contributed by atoms with Crippen LogP contribution in [0.25, 0.3) is 0 Å². The van der Waals surface area contributed by atoms with Crippen LogP contribution in [0, 0.1) is 0 Å². The zero-order valence-corrected chi connectivity index (χ0v) is 18.9. The first-order valence-corrected chi connectivity index (χ1v) is 11.2. The number of aromatic nitrogens is 2. The standard InChI is InChI=1S/C25H28ClN3O3/c1-2-3-13-23-27-16-20(29(23)17-19-11-7-8-12-21(19)26)15-24(30)28-22(25(31)32)14-18-9-5-4-6-10-18/h4-12,16,22H,2-3,13-15,17H2,1H3,(H,28,30)(H,31,32)/t22-/m0/s1. The lowest BCUT2D eigenvalue weighted by Crippen LogP contribution is -2.43. The number of amides is 1. The number of nitrogens with zero attached hydrogens (tertiary/aromatic N) is 2. The molecular weight excluding hydrogens is 426 g/mol. The molecule has 0 aliphatic heterocycles. The first-order valence-electron chi connectivity index (χ1n) is 10.8. The largest absolute Gasteiger partial charge is 0.480 e. The van der Waals surface area contributed by atoms with E-state index < -0.39 is 12.0 Å². The molecule has 1 heterocycles. The third kappa shape index (κ3) is 6.44. The molecule has 3 aromatic rings. The molecule has 1 aromatic heterocycles. The Balaban J connectivity index is 1.76. The molecule has 7 heteroatoms. The van der Waals surface area contributed by atoms with Gasteiger partial charge in [0.05, 0.1) is 13.0 Å². The van der Waals surface area contributed by atoms with Crippen LogP contribution in [0.15, 0.2) is 60.8 Å². The first-order chi connectivity index (χ1) is 15.5. The lowest BCUT2D eigenvalue weighted by molar-refractivity contribution is -0.141. The van der Waals surface area contributed by atoms with Crippen LogP contribution in [0.1, 0.15) is 42.4 Å². The number of imidazole rings is 1. The minimum absolute atomic E-state index is 0.0438. The Hall–Kier alpha value is -3.12. The van der Waals surface area contributed by atoms with Crippen molar-refractivity contribution in [1.29, 1.82) is 0 Å². The maximum Gasteiger partial charge on any atom is 0.326 e. The third-order valence-electron chi connectivity index (χ3n) is 5.32. The zero-order valence-electron chi connectivity index (χ0n) is 18.1. The van der Waals surface area contributed by atoms with Crippen LogP contribution >= 0.6 is 11.6 Å². The molecule has 168 valence electrons. The van der Waals surface area contributed by atoms with Crippen LogP contribution in [-0.2, 0) is 35.4 Å². The van der Waals surface area contributed by atoms with Gasteiger partial charge in [0.1, 0.15) is 11.9 Å². The lowest BCUT2D eigenvalue weighted by Gasteiger charge is -2.16. The molecule has 32 heavy (non-hydrogen) atoms. The number of carbonyl (C=O) groups is 2. The van der Waals surface area contributed by atoms with Gasteiger partial charge in [0.15, 0.2) is 0 Å². The Bertz CT molecular complexity index is 1050. The summed E-state index contributed by atoms with van der Waals surface area (Å²) in [4.78, 5) is 29.0. The Kier molecular flexibility index (Phi) is 8.45. The molecule has 2 aromatic carbocycles. The summed E-state index contributed by atoms with van der Waals surface area (Å²) in [5.41, 5.74) is 2.53. The summed E-state index contributed by atoms with van der Waals surface area (Å²) in [7, 11) is 0. The van der Waals surface area contributed by atoms with Gasteiger partial charge >= 0.3 is 5.97 Å². The zero-order chi connectivity index (χ0) is 22.9. The van der Waals surface area contributed by atoms with Crippen LogP contribution in [0.3, 0.4) is 0 Å². The molecule has 0 radical (unpaired) electrons. The lowest BCUT2D eigenvalue weighted by atomic mass is 10.1. The number of carbonyl (C=O) groups excluding carboxylic acids is 1. The van der Waals surface area contributed by atoms with Crippen molar-refractivity contribution in [2.75, 3.05) is 0 Å². The average molecular weight is 454 g/mol. The maximum atomic E-state index is 12.8. The van der Waals surface area contributed by atoms with Gasteiger partial charge in [-0.3, -0.25) is 4.79 Å². The van der Waals surface area contributed by atoms with Gasteiger partial charge in [-0.1, -0.05) is 73.5 Å². The van der Waals surface area contributed by atoms with Gasteiger partial charge in [0, 0.05) is 29.8 Å². The van der Waals surface area contributed by atoms with Crippen LogP contribution in [-0.4, -0.2) is 32.6 Å². The highest BCUT2D eigenvalue weighted by Crippen LogP contribution is 2.19. The van der Waals surface area contributed by atoms with Crippen LogP contribution in [0.5, 0.6) is 0 Å². The molecule has 0 bridgehead atoms. The average Bonchev–Trinajstić information content (AvgIpc) is 3.15. The highest BCUT2D eigenvalue weighted by molar-refractivity contribution is 6.31. The van der Waals surface area contributed by atoms with Crippen molar-refractivity contribution in [3.8, 4) is 0 Å². The monoisotopic (exact) mass is 453 g/mol. The highest BCUT2D eigenvalue weighted by Gasteiger charge is 2.22. The summed E-state index contributed by atoms with van der Waals surface area (Å²) < 4.78 is 2.02. The molecule has 2 N–H and O–H groups in total. The number of hydrogen-bond acceptors (Lipinski definition) is 3. The number of halogens is 1. The third-order valence-corrected chi connectivity index (χ3v) is 5.69. The summed E-state index contributed by atoms with van der Waals surface area (Å²) in [6, 6.07) is 15.9. The molecule has 0 aliphatic rings. The number of aliphatic carboxylic acids is 1. The highest BCUT2D eigenvalue weighted by atomic mass is 35.5. The molecule has 0 saturated heterocycles. The number of benzene rings is 2. The molecule has 0 unspecified atom stereocenters. The predicted molar refractivity (Wildman–Crippen MR) is 125 cm³/mol. The Morgan fingerprint density at radius 2 is 1.84 bits per heavy atom. The molecule has 0 aliphatic carbocycles. The van der Waals surface area contributed by atoms with Gasteiger partial charge in [0.2, 0.25) is 5.91 Å². The van der Waals surface area contributed by atoms with Gasteiger partial charge in [-0.15, -0.1) is 0 Å². The van der Waals surface area contributed by atoms with E-state index in [4.69, 9.17) is 11.6 Å².